The van der Waals surface area contributed by atoms with E-state index in [4.69, 9.17) is 5.26 Å². The number of rotatable bonds is 2. The molecule has 1 aromatic carbocycles. The van der Waals surface area contributed by atoms with Gasteiger partial charge in [-0.25, -0.2) is 4.68 Å². The van der Waals surface area contributed by atoms with E-state index in [1.165, 1.54) is 0 Å². The van der Waals surface area contributed by atoms with E-state index in [2.05, 4.69) is 16.2 Å². The Balaban J connectivity index is 2.16. The average molecular weight is 274 g/mol. The summed E-state index contributed by atoms with van der Waals surface area (Å²) in [5.74, 6) is 0. The Morgan fingerprint density at radius 2 is 1.95 bits per heavy atom. The molecule has 0 fully saturated rings. The van der Waals surface area contributed by atoms with Crippen molar-refractivity contribution >= 4 is 0 Å². The smallest absolute Gasteiger partial charge is 0.0992 e. The van der Waals surface area contributed by atoms with Gasteiger partial charge in [-0.05, 0) is 44.2 Å². The summed E-state index contributed by atoms with van der Waals surface area (Å²) >= 11 is 0. The minimum atomic E-state index is 0.624. The molecule has 102 valence electrons. The van der Waals surface area contributed by atoms with E-state index in [1.807, 2.05) is 54.9 Å². The lowest BCUT2D eigenvalue weighted by Gasteiger charge is -2.05. The topological polar surface area (TPSA) is 54.5 Å². The maximum atomic E-state index is 9.03. The Kier molecular flexibility index (Phi) is 3.25. The first-order chi connectivity index (χ1) is 10.2. The fourth-order valence-corrected chi connectivity index (χ4v) is 2.48. The first-order valence-corrected chi connectivity index (χ1v) is 6.69. The fourth-order valence-electron chi connectivity index (χ4n) is 2.48. The molecule has 0 aliphatic heterocycles. The minimum Gasteiger partial charge on any atom is -0.256 e. The molecule has 0 radical (unpaired) electrons. The minimum absolute atomic E-state index is 0.624. The molecule has 0 unspecified atom stereocenters. The molecule has 0 aliphatic rings. The summed E-state index contributed by atoms with van der Waals surface area (Å²) in [6, 6.07) is 15.4. The monoisotopic (exact) mass is 274 g/mol. The lowest BCUT2D eigenvalue weighted by molar-refractivity contribution is 0.833. The molecule has 0 bridgehead atoms. The van der Waals surface area contributed by atoms with Crippen molar-refractivity contribution in [2.45, 2.75) is 13.8 Å². The first kappa shape index (κ1) is 13.1. The van der Waals surface area contributed by atoms with Crippen LogP contribution in [0.3, 0.4) is 0 Å². The zero-order valence-corrected chi connectivity index (χ0v) is 11.9. The van der Waals surface area contributed by atoms with Crippen LogP contribution < -0.4 is 0 Å². The van der Waals surface area contributed by atoms with Gasteiger partial charge in [0.15, 0.2) is 0 Å². The highest BCUT2D eigenvalue weighted by molar-refractivity contribution is 5.65. The van der Waals surface area contributed by atoms with E-state index < -0.39 is 0 Å². The second kappa shape index (κ2) is 5.22. The summed E-state index contributed by atoms with van der Waals surface area (Å²) in [7, 11) is 0. The van der Waals surface area contributed by atoms with E-state index in [9.17, 15) is 0 Å². The summed E-state index contributed by atoms with van der Waals surface area (Å²) in [6.45, 7) is 3.99. The van der Waals surface area contributed by atoms with Crippen LogP contribution >= 0.6 is 0 Å². The van der Waals surface area contributed by atoms with Crippen LogP contribution in [0.2, 0.25) is 0 Å². The second-order valence-corrected chi connectivity index (χ2v) is 4.83. The van der Waals surface area contributed by atoms with Crippen molar-refractivity contribution < 1.29 is 0 Å². The van der Waals surface area contributed by atoms with Gasteiger partial charge < -0.3 is 0 Å². The molecule has 0 aliphatic carbocycles. The summed E-state index contributed by atoms with van der Waals surface area (Å²) < 4.78 is 1.86. The van der Waals surface area contributed by atoms with Gasteiger partial charge in [0.25, 0.3) is 0 Å². The average Bonchev–Trinajstić information content (AvgIpc) is 2.83. The zero-order valence-electron chi connectivity index (χ0n) is 11.9. The number of pyridine rings is 1. The van der Waals surface area contributed by atoms with Crippen LogP contribution in [0.1, 0.15) is 17.0 Å². The molecular weight excluding hydrogens is 260 g/mol. The van der Waals surface area contributed by atoms with E-state index in [0.717, 1.165) is 28.3 Å². The predicted octanol–water partition coefficient (Wildman–Crippen LogP) is 3.42. The van der Waals surface area contributed by atoms with Gasteiger partial charge in [0.2, 0.25) is 0 Å². The number of benzene rings is 1. The SMILES string of the molecule is Cc1nn(-c2cccc(C#N)c2)c(C)c1-c1ccccn1. The van der Waals surface area contributed by atoms with E-state index >= 15 is 0 Å². The number of aromatic nitrogens is 3. The molecule has 0 atom stereocenters. The van der Waals surface area contributed by atoms with Crippen LogP contribution in [0.15, 0.2) is 48.7 Å². The van der Waals surface area contributed by atoms with Crippen molar-refractivity contribution in [3.05, 3.63) is 65.6 Å². The largest absolute Gasteiger partial charge is 0.256 e. The molecule has 21 heavy (non-hydrogen) atoms. The molecule has 0 saturated heterocycles. The summed E-state index contributed by atoms with van der Waals surface area (Å²) in [5.41, 5.74) is 5.40. The van der Waals surface area contributed by atoms with Gasteiger partial charge in [0, 0.05) is 11.8 Å². The third kappa shape index (κ3) is 2.30. The molecular formula is C17H14N4. The third-order valence-electron chi connectivity index (χ3n) is 3.43. The highest BCUT2D eigenvalue weighted by Crippen LogP contribution is 2.27. The Morgan fingerprint density at radius 3 is 2.67 bits per heavy atom. The maximum absolute atomic E-state index is 9.03. The van der Waals surface area contributed by atoms with Crippen molar-refractivity contribution in [2.75, 3.05) is 0 Å². The lowest BCUT2D eigenvalue weighted by Crippen LogP contribution is -1.99. The second-order valence-electron chi connectivity index (χ2n) is 4.83. The van der Waals surface area contributed by atoms with Gasteiger partial charge in [0.1, 0.15) is 0 Å². The van der Waals surface area contributed by atoms with E-state index in [0.29, 0.717) is 5.56 Å². The molecule has 0 N–H and O–H groups in total. The molecule has 4 nitrogen and oxygen atoms in total. The van der Waals surface area contributed by atoms with Crippen molar-refractivity contribution in [1.29, 1.82) is 5.26 Å². The standard InChI is InChI=1S/C17H14N4/c1-12-17(16-8-3-4-9-19-16)13(2)21(20-12)15-7-5-6-14(10-15)11-18/h3-10H,1-2H3. The quantitative estimate of drug-likeness (QED) is 0.719. The molecule has 2 aromatic heterocycles. The van der Waals surface area contributed by atoms with Gasteiger partial charge in [-0.1, -0.05) is 12.1 Å². The molecule has 3 rings (SSSR count). The molecule has 3 aromatic rings. The Labute approximate surface area is 123 Å². The summed E-state index contributed by atoms with van der Waals surface area (Å²) in [6.07, 6.45) is 1.78. The summed E-state index contributed by atoms with van der Waals surface area (Å²) in [4.78, 5) is 4.41. The van der Waals surface area contributed by atoms with Gasteiger partial charge in [0.05, 0.1) is 34.4 Å². The first-order valence-electron chi connectivity index (χ1n) is 6.69. The van der Waals surface area contributed by atoms with E-state index in [1.54, 1.807) is 12.3 Å². The van der Waals surface area contributed by atoms with Gasteiger partial charge in [-0.15, -0.1) is 0 Å². The van der Waals surface area contributed by atoms with Crippen molar-refractivity contribution in [2.24, 2.45) is 0 Å². The number of nitrogens with zero attached hydrogens (tertiary/aromatic N) is 4. The fraction of sp³-hybridized carbons (Fsp3) is 0.118. The molecule has 0 spiro atoms. The highest BCUT2D eigenvalue weighted by atomic mass is 15.3. The maximum Gasteiger partial charge on any atom is 0.0992 e. The van der Waals surface area contributed by atoms with Gasteiger partial charge in [-0.2, -0.15) is 10.4 Å². The molecule has 0 saturated carbocycles. The van der Waals surface area contributed by atoms with Crippen molar-refractivity contribution in [3.8, 4) is 23.0 Å². The van der Waals surface area contributed by atoms with Crippen LogP contribution in [0.5, 0.6) is 0 Å². The van der Waals surface area contributed by atoms with Crippen LogP contribution in [0, 0.1) is 25.2 Å². The van der Waals surface area contributed by atoms with Crippen LogP contribution in [-0.4, -0.2) is 14.8 Å². The van der Waals surface area contributed by atoms with Gasteiger partial charge in [-0.3, -0.25) is 4.98 Å². The van der Waals surface area contributed by atoms with Crippen LogP contribution in [0.4, 0.5) is 0 Å². The molecule has 2 heterocycles. The van der Waals surface area contributed by atoms with Crippen molar-refractivity contribution in [3.63, 3.8) is 0 Å². The number of nitriles is 1. The predicted molar refractivity (Wildman–Crippen MR) is 81.0 cm³/mol. The Bertz CT molecular complexity index is 826. The van der Waals surface area contributed by atoms with Crippen LogP contribution in [-0.2, 0) is 0 Å². The van der Waals surface area contributed by atoms with Crippen LogP contribution in [0.25, 0.3) is 16.9 Å². The zero-order chi connectivity index (χ0) is 14.8. The summed E-state index contributed by atoms with van der Waals surface area (Å²) in [5, 5.41) is 13.6. The van der Waals surface area contributed by atoms with E-state index in [-0.39, 0.29) is 0 Å². The Morgan fingerprint density at radius 1 is 1.10 bits per heavy atom. The number of hydrogen-bond donors (Lipinski definition) is 0. The Hall–Kier alpha value is -2.93. The number of aryl methyl sites for hydroxylation is 1. The third-order valence-corrected chi connectivity index (χ3v) is 3.43. The number of hydrogen-bond acceptors (Lipinski definition) is 3. The molecule has 4 heteroatoms. The normalized spacial score (nSPS) is 10.3. The highest BCUT2D eigenvalue weighted by Gasteiger charge is 2.15. The lowest BCUT2D eigenvalue weighted by atomic mass is 10.1. The van der Waals surface area contributed by atoms with Gasteiger partial charge >= 0.3 is 0 Å². The van der Waals surface area contributed by atoms with Crippen molar-refractivity contribution in [1.82, 2.24) is 14.8 Å². The molecule has 0 amide bonds.